The first-order valence-electron chi connectivity index (χ1n) is 7.08. The van der Waals surface area contributed by atoms with Gasteiger partial charge in [-0.05, 0) is 44.9 Å². The molecule has 0 amide bonds. The average molecular weight is 300 g/mol. The maximum absolute atomic E-state index is 5.91. The van der Waals surface area contributed by atoms with Crippen LogP contribution in [0.1, 0.15) is 30.6 Å². The third-order valence-electron chi connectivity index (χ3n) is 3.96. The average Bonchev–Trinajstić information content (AvgIpc) is 3.15. The van der Waals surface area contributed by atoms with E-state index in [-0.39, 0.29) is 5.60 Å². The number of aryl methyl sites for hydroxylation is 1. The molecular formula is C15H16N4OS. The number of nitrogens with zero attached hydrogens (tertiary/aromatic N) is 4. The molecule has 1 saturated heterocycles. The Morgan fingerprint density at radius 3 is 3.10 bits per heavy atom. The van der Waals surface area contributed by atoms with Gasteiger partial charge in [0.15, 0.2) is 5.82 Å². The Labute approximate surface area is 126 Å². The summed E-state index contributed by atoms with van der Waals surface area (Å²) in [7, 11) is 0. The second-order valence-electron chi connectivity index (χ2n) is 5.56. The highest BCUT2D eigenvalue weighted by Gasteiger charge is 2.36. The van der Waals surface area contributed by atoms with Crippen LogP contribution in [-0.2, 0) is 10.3 Å². The van der Waals surface area contributed by atoms with Crippen LogP contribution in [0, 0.1) is 6.92 Å². The fourth-order valence-corrected chi connectivity index (χ4v) is 3.77. The van der Waals surface area contributed by atoms with Crippen LogP contribution < -0.4 is 0 Å². The highest BCUT2D eigenvalue weighted by Crippen LogP contribution is 2.35. The molecule has 0 saturated carbocycles. The number of hydrogen-bond acceptors (Lipinski definition) is 5. The van der Waals surface area contributed by atoms with Crippen LogP contribution in [0.25, 0.3) is 15.9 Å². The minimum atomic E-state index is -0.338. The Morgan fingerprint density at radius 2 is 2.29 bits per heavy atom. The van der Waals surface area contributed by atoms with Gasteiger partial charge in [0.1, 0.15) is 11.9 Å². The van der Waals surface area contributed by atoms with Gasteiger partial charge in [-0.25, -0.2) is 14.6 Å². The minimum Gasteiger partial charge on any atom is -0.367 e. The molecule has 1 fully saturated rings. The molecule has 1 aromatic carbocycles. The van der Waals surface area contributed by atoms with Crippen LogP contribution in [0.5, 0.6) is 0 Å². The van der Waals surface area contributed by atoms with Crippen LogP contribution >= 0.6 is 11.3 Å². The van der Waals surface area contributed by atoms with E-state index < -0.39 is 0 Å². The van der Waals surface area contributed by atoms with Gasteiger partial charge < -0.3 is 4.74 Å². The molecule has 1 unspecified atom stereocenters. The Balaban J connectivity index is 1.83. The molecule has 4 rings (SSSR count). The molecule has 1 atom stereocenters. The van der Waals surface area contributed by atoms with Gasteiger partial charge in [0, 0.05) is 6.61 Å². The summed E-state index contributed by atoms with van der Waals surface area (Å²) in [6, 6.07) is 6.20. The summed E-state index contributed by atoms with van der Waals surface area (Å²) in [5, 5.41) is 5.48. The van der Waals surface area contributed by atoms with E-state index >= 15 is 0 Å². The molecule has 1 aliphatic heterocycles. The molecule has 0 N–H and O–H groups in total. The first-order valence-corrected chi connectivity index (χ1v) is 7.89. The number of hydrogen-bond donors (Lipinski definition) is 0. The zero-order valence-corrected chi connectivity index (χ0v) is 12.9. The molecule has 5 nitrogen and oxygen atoms in total. The fraction of sp³-hybridized carbons (Fsp3) is 0.400. The number of thiazole rings is 1. The highest BCUT2D eigenvalue weighted by molar-refractivity contribution is 7.18. The van der Waals surface area contributed by atoms with Crippen LogP contribution in [0.2, 0.25) is 0 Å². The van der Waals surface area contributed by atoms with Crippen LogP contribution in [0.15, 0.2) is 24.5 Å². The summed E-state index contributed by atoms with van der Waals surface area (Å²) in [4.78, 5) is 8.94. The van der Waals surface area contributed by atoms with Gasteiger partial charge in [0.2, 0.25) is 0 Å². The van der Waals surface area contributed by atoms with Crippen molar-refractivity contribution in [3.8, 4) is 5.69 Å². The number of rotatable bonds is 2. The normalized spacial score (nSPS) is 22.2. The first kappa shape index (κ1) is 12.9. The van der Waals surface area contributed by atoms with E-state index in [4.69, 9.17) is 4.74 Å². The van der Waals surface area contributed by atoms with Crippen molar-refractivity contribution < 1.29 is 4.74 Å². The number of ether oxygens (including phenoxy) is 1. The summed E-state index contributed by atoms with van der Waals surface area (Å²) in [6.45, 7) is 4.91. The zero-order chi connectivity index (χ0) is 14.4. The third-order valence-corrected chi connectivity index (χ3v) is 4.90. The van der Waals surface area contributed by atoms with Crippen molar-refractivity contribution in [3.05, 3.63) is 35.4 Å². The Bertz CT molecular complexity index is 801. The molecule has 6 heteroatoms. The number of fused-ring (bicyclic) bond motifs is 1. The van der Waals surface area contributed by atoms with Crippen molar-refractivity contribution >= 4 is 21.6 Å². The molecular weight excluding hydrogens is 284 g/mol. The summed E-state index contributed by atoms with van der Waals surface area (Å²) >= 11 is 1.70. The summed E-state index contributed by atoms with van der Waals surface area (Å²) in [5.41, 5.74) is 1.70. The van der Waals surface area contributed by atoms with E-state index in [9.17, 15) is 0 Å². The molecule has 108 valence electrons. The van der Waals surface area contributed by atoms with E-state index in [2.05, 4.69) is 28.1 Å². The number of aromatic nitrogens is 4. The van der Waals surface area contributed by atoms with Gasteiger partial charge in [-0.2, -0.15) is 5.10 Å². The molecule has 1 aliphatic rings. The fourth-order valence-electron chi connectivity index (χ4n) is 2.91. The Kier molecular flexibility index (Phi) is 2.83. The van der Waals surface area contributed by atoms with Gasteiger partial charge >= 0.3 is 0 Å². The molecule has 0 spiro atoms. The standard InChI is InChI=1S/C15H16N4OS/c1-10-18-12-5-4-11(8-13(12)21-10)19-14(16-9-17-19)15(2)6-3-7-20-15/h4-5,8-9H,3,6-7H2,1-2H3. The van der Waals surface area contributed by atoms with E-state index in [1.807, 2.05) is 23.7 Å². The van der Waals surface area contributed by atoms with E-state index in [1.165, 1.54) is 4.70 Å². The Morgan fingerprint density at radius 1 is 1.38 bits per heavy atom. The largest absolute Gasteiger partial charge is 0.367 e. The topological polar surface area (TPSA) is 52.8 Å². The van der Waals surface area contributed by atoms with Crippen LogP contribution in [-0.4, -0.2) is 26.4 Å². The minimum absolute atomic E-state index is 0.338. The van der Waals surface area contributed by atoms with Crippen molar-refractivity contribution in [2.75, 3.05) is 6.61 Å². The summed E-state index contributed by atoms with van der Waals surface area (Å²) < 4.78 is 8.96. The molecule has 0 radical (unpaired) electrons. The van der Waals surface area contributed by atoms with E-state index in [0.717, 1.165) is 41.5 Å². The van der Waals surface area contributed by atoms with Crippen molar-refractivity contribution in [3.63, 3.8) is 0 Å². The lowest BCUT2D eigenvalue weighted by molar-refractivity contribution is 0.00766. The lowest BCUT2D eigenvalue weighted by Gasteiger charge is -2.22. The highest BCUT2D eigenvalue weighted by atomic mass is 32.1. The monoisotopic (exact) mass is 300 g/mol. The molecule has 2 aromatic heterocycles. The Hall–Kier alpha value is -1.79. The maximum atomic E-state index is 5.91. The molecule has 0 bridgehead atoms. The second kappa shape index (κ2) is 4.61. The summed E-state index contributed by atoms with van der Waals surface area (Å²) in [5.74, 6) is 0.876. The lowest BCUT2D eigenvalue weighted by atomic mass is 10.0. The van der Waals surface area contributed by atoms with Crippen LogP contribution in [0.3, 0.4) is 0 Å². The first-order chi connectivity index (χ1) is 10.2. The van der Waals surface area contributed by atoms with E-state index in [1.54, 1.807) is 17.7 Å². The zero-order valence-electron chi connectivity index (χ0n) is 12.0. The quantitative estimate of drug-likeness (QED) is 0.729. The van der Waals surface area contributed by atoms with Gasteiger partial charge in [0.25, 0.3) is 0 Å². The van der Waals surface area contributed by atoms with Crippen molar-refractivity contribution in [2.24, 2.45) is 0 Å². The van der Waals surface area contributed by atoms with Crippen molar-refractivity contribution in [1.82, 2.24) is 19.7 Å². The van der Waals surface area contributed by atoms with Crippen molar-refractivity contribution in [1.29, 1.82) is 0 Å². The third kappa shape index (κ3) is 2.06. The van der Waals surface area contributed by atoms with Gasteiger partial charge in [-0.3, -0.25) is 0 Å². The molecule has 21 heavy (non-hydrogen) atoms. The number of benzene rings is 1. The van der Waals surface area contributed by atoms with Gasteiger partial charge in [-0.1, -0.05) is 0 Å². The SMILES string of the molecule is Cc1nc2ccc(-n3ncnc3C3(C)CCCO3)cc2s1. The van der Waals surface area contributed by atoms with Crippen molar-refractivity contribution in [2.45, 2.75) is 32.3 Å². The maximum Gasteiger partial charge on any atom is 0.163 e. The second-order valence-corrected chi connectivity index (χ2v) is 6.80. The van der Waals surface area contributed by atoms with Crippen LogP contribution in [0.4, 0.5) is 0 Å². The molecule has 0 aliphatic carbocycles. The predicted octanol–water partition coefficient (Wildman–Crippen LogP) is 3.21. The molecule has 3 aromatic rings. The van der Waals surface area contributed by atoms with E-state index in [0.29, 0.717) is 0 Å². The smallest absolute Gasteiger partial charge is 0.163 e. The lowest BCUT2D eigenvalue weighted by Crippen LogP contribution is -2.25. The van der Waals surface area contributed by atoms with Gasteiger partial charge in [0.05, 0.1) is 20.9 Å². The van der Waals surface area contributed by atoms with Gasteiger partial charge in [-0.15, -0.1) is 11.3 Å². The molecule has 3 heterocycles. The summed E-state index contributed by atoms with van der Waals surface area (Å²) in [6.07, 6.45) is 3.65. The predicted molar refractivity (Wildman–Crippen MR) is 81.8 cm³/mol.